The lowest BCUT2D eigenvalue weighted by Gasteiger charge is -2.22. The molecule has 0 saturated heterocycles. The van der Waals surface area contributed by atoms with Gasteiger partial charge in [-0.25, -0.2) is 0 Å². The zero-order valence-corrected chi connectivity index (χ0v) is 11.6. The van der Waals surface area contributed by atoms with Crippen LogP contribution in [0.3, 0.4) is 0 Å². The minimum Gasteiger partial charge on any atom is -0.269 e. The summed E-state index contributed by atoms with van der Waals surface area (Å²) in [5, 5.41) is 0.628. The van der Waals surface area contributed by atoms with E-state index in [9.17, 15) is 9.59 Å². The topological polar surface area (TPSA) is 37.4 Å². The maximum absolute atomic E-state index is 12.4. The Bertz CT molecular complexity index is 659. The molecule has 2 amide bonds. The Labute approximate surface area is 121 Å². The quantitative estimate of drug-likeness (QED) is 0.789. The number of hydrogen-bond acceptors (Lipinski definition) is 2. The molecule has 1 unspecified atom stereocenters. The van der Waals surface area contributed by atoms with Crippen molar-refractivity contribution in [3.8, 4) is 0 Å². The van der Waals surface area contributed by atoms with E-state index in [0.29, 0.717) is 16.1 Å². The van der Waals surface area contributed by atoms with Crippen molar-refractivity contribution in [1.82, 2.24) is 4.90 Å². The van der Waals surface area contributed by atoms with Crippen LogP contribution in [0.2, 0.25) is 5.02 Å². The molecular formula is C16H12ClNO2. The van der Waals surface area contributed by atoms with Gasteiger partial charge in [-0.1, -0.05) is 35.9 Å². The van der Waals surface area contributed by atoms with E-state index in [1.165, 1.54) is 4.90 Å². The number of fused-ring (bicyclic) bond motifs is 1. The van der Waals surface area contributed by atoms with E-state index in [1.807, 2.05) is 19.1 Å². The number of rotatable bonds is 2. The second kappa shape index (κ2) is 4.76. The molecule has 0 aromatic heterocycles. The molecule has 4 heteroatoms. The van der Waals surface area contributed by atoms with Gasteiger partial charge in [-0.15, -0.1) is 0 Å². The highest BCUT2D eigenvalue weighted by Gasteiger charge is 2.38. The predicted molar refractivity (Wildman–Crippen MR) is 76.8 cm³/mol. The molecule has 3 rings (SSSR count). The van der Waals surface area contributed by atoms with Crippen LogP contribution in [0.15, 0.2) is 48.5 Å². The molecule has 0 saturated carbocycles. The fraction of sp³-hybridized carbons (Fsp3) is 0.125. The SMILES string of the molecule is CC(c1ccc(Cl)cc1)N1C(=O)c2ccccc2C1=O. The molecule has 3 nitrogen and oxygen atoms in total. The van der Waals surface area contributed by atoms with E-state index < -0.39 is 0 Å². The Balaban J connectivity index is 1.98. The summed E-state index contributed by atoms with van der Waals surface area (Å²) in [6.07, 6.45) is 0. The second-order valence-electron chi connectivity index (χ2n) is 4.75. The lowest BCUT2D eigenvalue weighted by molar-refractivity contribution is 0.0595. The second-order valence-corrected chi connectivity index (χ2v) is 5.19. The maximum atomic E-state index is 12.4. The van der Waals surface area contributed by atoms with Crippen LogP contribution in [0.4, 0.5) is 0 Å². The van der Waals surface area contributed by atoms with Gasteiger partial charge in [-0.2, -0.15) is 0 Å². The molecule has 1 atom stereocenters. The van der Waals surface area contributed by atoms with Gasteiger partial charge in [0.15, 0.2) is 0 Å². The van der Waals surface area contributed by atoms with E-state index in [2.05, 4.69) is 0 Å². The van der Waals surface area contributed by atoms with Crippen molar-refractivity contribution in [3.63, 3.8) is 0 Å². The van der Waals surface area contributed by atoms with E-state index in [0.717, 1.165) is 5.56 Å². The van der Waals surface area contributed by atoms with Crippen LogP contribution in [-0.2, 0) is 0 Å². The highest BCUT2D eigenvalue weighted by molar-refractivity contribution is 6.30. The number of benzene rings is 2. The zero-order chi connectivity index (χ0) is 14.3. The summed E-state index contributed by atoms with van der Waals surface area (Å²) in [4.78, 5) is 26.0. The van der Waals surface area contributed by atoms with Crippen LogP contribution in [-0.4, -0.2) is 16.7 Å². The van der Waals surface area contributed by atoms with Gasteiger partial charge >= 0.3 is 0 Å². The van der Waals surface area contributed by atoms with Gasteiger partial charge in [-0.3, -0.25) is 14.5 Å². The Kier molecular flexibility index (Phi) is 3.07. The molecule has 0 spiro atoms. The highest BCUT2D eigenvalue weighted by Crippen LogP contribution is 2.31. The van der Waals surface area contributed by atoms with E-state index in [-0.39, 0.29) is 17.9 Å². The zero-order valence-electron chi connectivity index (χ0n) is 10.8. The predicted octanol–water partition coefficient (Wildman–Crippen LogP) is 3.70. The average molecular weight is 286 g/mol. The summed E-state index contributed by atoms with van der Waals surface area (Å²) >= 11 is 5.86. The van der Waals surface area contributed by atoms with Crippen LogP contribution >= 0.6 is 11.6 Å². The summed E-state index contributed by atoms with van der Waals surface area (Å²) in [5.74, 6) is -0.485. The van der Waals surface area contributed by atoms with Gasteiger partial charge in [0.05, 0.1) is 17.2 Å². The van der Waals surface area contributed by atoms with Crippen molar-refractivity contribution in [2.24, 2.45) is 0 Å². The Morgan fingerprint density at radius 2 is 1.40 bits per heavy atom. The number of carbonyl (C=O) groups is 2. The highest BCUT2D eigenvalue weighted by atomic mass is 35.5. The Hall–Kier alpha value is -2.13. The molecule has 0 radical (unpaired) electrons. The van der Waals surface area contributed by atoms with Gasteiger partial charge < -0.3 is 0 Å². The van der Waals surface area contributed by atoms with Gasteiger partial charge in [0, 0.05) is 5.02 Å². The third-order valence-corrected chi connectivity index (χ3v) is 3.82. The van der Waals surface area contributed by atoms with Gasteiger partial charge in [0.25, 0.3) is 11.8 Å². The lowest BCUT2D eigenvalue weighted by Crippen LogP contribution is -2.32. The van der Waals surface area contributed by atoms with Crippen LogP contribution in [0.25, 0.3) is 0 Å². The minimum atomic E-state index is -0.320. The van der Waals surface area contributed by atoms with E-state index in [1.54, 1.807) is 36.4 Å². The lowest BCUT2D eigenvalue weighted by atomic mass is 10.1. The third kappa shape index (κ3) is 1.91. The summed E-state index contributed by atoms with van der Waals surface area (Å²) in [6, 6.07) is 13.7. The molecule has 1 heterocycles. The monoisotopic (exact) mass is 285 g/mol. The first-order chi connectivity index (χ1) is 9.59. The van der Waals surface area contributed by atoms with Crippen molar-refractivity contribution >= 4 is 23.4 Å². The van der Waals surface area contributed by atoms with Gasteiger partial charge in [0.2, 0.25) is 0 Å². The molecule has 20 heavy (non-hydrogen) atoms. The Morgan fingerprint density at radius 1 is 0.900 bits per heavy atom. The van der Waals surface area contributed by atoms with Crippen LogP contribution < -0.4 is 0 Å². The molecular weight excluding hydrogens is 274 g/mol. The molecule has 1 aliphatic rings. The van der Waals surface area contributed by atoms with Crippen molar-refractivity contribution in [3.05, 3.63) is 70.2 Å². The number of nitrogens with zero attached hydrogens (tertiary/aromatic N) is 1. The number of amides is 2. The van der Waals surface area contributed by atoms with Gasteiger partial charge in [-0.05, 0) is 36.8 Å². The normalized spacial score (nSPS) is 15.4. The van der Waals surface area contributed by atoms with Gasteiger partial charge in [0.1, 0.15) is 0 Å². The molecule has 1 aliphatic heterocycles. The Morgan fingerprint density at radius 3 is 1.90 bits per heavy atom. The van der Waals surface area contributed by atoms with Crippen LogP contribution in [0.5, 0.6) is 0 Å². The summed E-state index contributed by atoms with van der Waals surface area (Å²) in [6.45, 7) is 1.84. The van der Waals surface area contributed by atoms with Crippen molar-refractivity contribution in [2.75, 3.05) is 0 Å². The number of carbonyl (C=O) groups excluding carboxylic acids is 2. The third-order valence-electron chi connectivity index (χ3n) is 3.57. The number of imide groups is 1. The van der Waals surface area contributed by atoms with E-state index >= 15 is 0 Å². The molecule has 0 fully saturated rings. The maximum Gasteiger partial charge on any atom is 0.262 e. The fourth-order valence-electron chi connectivity index (χ4n) is 2.45. The molecule has 0 N–H and O–H groups in total. The first-order valence-electron chi connectivity index (χ1n) is 6.32. The molecule has 0 aliphatic carbocycles. The summed E-state index contributed by atoms with van der Waals surface area (Å²) in [5.41, 5.74) is 1.82. The number of hydrogen-bond donors (Lipinski definition) is 0. The molecule has 100 valence electrons. The minimum absolute atomic E-state index is 0.243. The van der Waals surface area contributed by atoms with Crippen LogP contribution in [0.1, 0.15) is 39.2 Å². The standard InChI is InChI=1S/C16H12ClNO2/c1-10(11-6-8-12(17)9-7-11)18-15(19)13-4-2-3-5-14(13)16(18)20/h2-10H,1H3. The van der Waals surface area contributed by atoms with Crippen molar-refractivity contribution < 1.29 is 9.59 Å². The van der Waals surface area contributed by atoms with Crippen molar-refractivity contribution in [1.29, 1.82) is 0 Å². The smallest absolute Gasteiger partial charge is 0.262 e. The molecule has 2 aromatic carbocycles. The fourth-order valence-corrected chi connectivity index (χ4v) is 2.58. The summed E-state index contributed by atoms with van der Waals surface area (Å²) in [7, 11) is 0. The van der Waals surface area contributed by atoms with Crippen molar-refractivity contribution in [2.45, 2.75) is 13.0 Å². The van der Waals surface area contributed by atoms with E-state index in [4.69, 9.17) is 11.6 Å². The average Bonchev–Trinajstić information content (AvgIpc) is 2.72. The largest absolute Gasteiger partial charge is 0.269 e. The first kappa shape index (κ1) is 12.9. The molecule has 2 aromatic rings. The van der Waals surface area contributed by atoms with Crippen LogP contribution in [0, 0.1) is 0 Å². The molecule has 0 bridgehead atoms. The summed E-state index contributed by atoms with van der Waals surface area (Å²) < 4.78 is 0. The first-order valence-corrected chi connectivity index (χ1v) is 6.70. The number of halogens is 1.